The summed E-state index contributed by atoms with van der Waals surface area (Å²) in [4.78, 5) is 20.5. The maximum Gasteiger partial charge on any atom is 0.455 e. The number of hydrogen-bond acceptors (Lipinski definition) is 6. The summed E-state index contributed by atoms with van der Waals surface area (Å²) < 4.78 is 97.5. The Balaban J connectivity index is 1.86. The van der Waals surface area contributed by atoms with Gasteiger partial charge in [0.25, 0.3) is 5.91 Å². The largest absolute Gasteiger partial charge is 0.479 e. The Morgan fingerprint density at radius 1 is 1.16 bits per heavy atom. The standard InChI is InChI=1S/C23H23F6N5O3S/c1-12-7-15(34-38(3,4)36)9-17-19(12)20(32-11-31-17)33-16-6-5-14(24)8-18(16)37-13(2)21(35)30-10-22(25,26)23(27,28)29/h5-9,11,13H,3,10H2,1-2,4H3,(H,30,35)(H,34,36)(H,31,32,33)/t13-,38?/m1/s1. The number of aryl methyl sites for hydroxylation is 1. The van der Waals surface area contributed by atoms with Crippen molar-refractivity contribution in [3.05, 3.63) is 48.0 Å². The van der Waals surface area contributed by atoms with Crippen LogP contribution in [0.3, 0.4) is 0 Å². The predicted octanol–water partition coefficient (Wildman–Crippen LogP) is 4.58. The molecular weight excluding hydrogens is 540 g/mol. The third-order valence-corrected chi connectivity index (χ3v) is 5.71. The van der Waals surface area contributed by atoms with Gasteiger partial charge in [-0.15, -0.1) is 0 Å². The van der Waals surface area contributed by atoms with E-state index in [1.807, 2.05) is 0 Å². The van der Waals surface area contributed by atoms with E-state index in [2.05, 4.69) is 25.9 Å². The number of nitrogens with zero attached hydrogens (tertiary/aromatic N) is 2. The van der Waals surface area contributed by atoms with E-state index in [1.165, 1.54) is 24.0 Å². The average molecular weight is 564 g/mol. The van der Waals surface area contributed by atoms with Gasteiger partial charge < -0.3 is 20.1 Å². The molecule has 3 rings (SSSR count). The third-order valence-electron chi connectivity index (χ3n) is 5.04. The van der Waals surface area contributed by atoms with Crippen molar-refractivity contribution in [1.29, 1.82) is 0 Å². The Morgan fingerprint density at radius 2 is 1.84 bits per heavy atom. The smallest absolute Gasteiger partial charge is 0.455 e. The predicted molar refractivity (Wildman–Crippen MR) is 133 cm³/mol. The van der Waals surface area contributed by atoms with Crippen molar-refractivity contribution >= 4 is 49.6 Å². The lowest BCUT2D eigenvalue weighted by Gasteiger charge is -2.22. The maximum atomic E-state index is 14.0. The molecule has 0 bridgehead atoms. The Kier molecular flexibility index (Phi) is 8.00. The second-order valence-electron chi connectivity index (χ2n) is 8.46. The van der Waals surface area contributed by atoms with E-state index < -0.39 is 46.2 Å². The number of aromatic nitrogens is 2. The molecule has 1 heterocycles. The van der Waals surface area contributed by atoms with E-state index in [1.54, 1.807) is 19.1 Å². The zero-order valence-corrected chi connectivity index (χ0v) is 21.1. The van der Waals surface area contributed by atoms with Gasteiger partial charge in [-0.2, -0.15) is 22.0 Å². The maximum absolute atomic E-state index is 14.0. The normalized spacial score (nSPS) is 14.4. The topological polar surface area (TPSA) is 105 Å². The highest BCUT2D eigenvalue weighted by atomic mass is 32.2. The van der Waals surface area contributed by atoms with Crippen LogP contribution < -0.4 is 20.1 Å². The zero-order chi connectivity index (χ0) is 28.5. The highest BCUT2D eigenvalue weighted by Crippen LogP contribution is 2.35. The molecule has 206 valence electrons. The van der Waals surface area contributed by atoms with Crippen molar-refractivity contribution < 1.29 is 40.1 Å². The number of anilines is 3. The summed E-state index contributed by atoms with van der Waals surface area (Å²) in [5.74, 6) is -3.62. The first-order valence-electron chi connectivity index (χ1n) is 10.8. The van der Waals surface area contributed by atoms with Gasteiger partial charge in [0, 0.05) is 33.1 Å². The summed E-state index contributed by atoms with van der Waals surface area (Å²) in [7, 11) is -2.56. The van der Waals surface area contributed by atoms with E-state index >= 15 is 0 Å². The Morgan fingerprint density at radius 3 is 2.47 bits per heavy atom. The van der Waals surface area contributed by atoms with Crippen LogP contribution >= 0.6 is 0 Å². The summed E-state index contributed by atoms with van der Waals surface area (Å²) in [6.45, 7) is 0.859. The molecule has 0 saturated carbocycles. The van der Waals surface area contributed by atoms with Crippen molar-refractivity contribution in [3.8, 4) is 5.75 Å². The number of carbonyl (C=O) groups is 1. The zero-order valence-electron chi connectivity index (χ0n) is 20.3. The van der Waals surface area contributed by atoms with Gasteiger partial charge in [-0.1, -0.05) is 0 Å². The van der Waals surface area contributed by atoms with Crippen molar-refractivity contribution in [1.82, 2.24) is 15.3 Å². The molecule has 0 radical (unpaired) electrons. The molecule has 0 saturated heterocycles. The van der Waals surface area contributed by atoms with Crippen molar-refractivity contribution in [2.75, 3.05) is 22.8 Å². The number of nitrogens with one attached hydrogen (secondary N) is 3. The van der Waals surface area contributed by atoms with Gasteiger partial charge in [-0.25, -0.2) is 18.6 Å². The second kappa shape index (κ2) is 10.6. The van der Waals surface area contributed by atoms with Crippen LogP contribution in [-0.4, -0.2) is 57.0 Å². The minimum Gasteiger partial charge on any atom is -0.479 e. The number of halogens is 6. The monoisotopic (exact) mass is 563 g/mol. The number of benzene rings is 2. The molecule has 0 aliphatic carbocycles. The Hall–Kier alpha value is -3.75. The molecule has 0 aliphatic rings. The second-order valence-corrected chi connectivity index (χ2v) is 10.7. The fourth-order valence-corrected chi connectivity index (χ4v) is 3.92. The molecule has 3 N–H and O–H groups in total. The number of carbonyl (C=O) groups excluding carboxylic acids is 1. The van der Waals surface area contributed by atoms with E-state index in [0.29, 0.717) is 22.2 Å². The summed E-state index contributed by atoms with van der Waals surface area (Å²) >= 11 is 0. The lowest BCUT2D eigenvalue weighted by atomic mass is 10.1. The first-order valence-corrected chi connectivity index (χ1v) is 12.9. The van der Waals surface area contributed by atoms with E-state index in [4.69, 9.17) is 4.74 Å². The number of fused-ring (bicyclic) bond motifs is 1. The summed E-state index contributed by atoms with van der Waals surface area (Å²) in [5, 5.41) is 4.97. The fourth-order valence-electron chi connectivity index (χ4n) is 3.31. The van der Waals surface area contributed by atoms with Gasteiger partial charge in [-0.05, 0) is 49.5 Å². The molecule has 1 unspecified atom stereocenters. The fraction of sp³-hybridized carbons (Fsp3) is 0.304. The van der Waals surface area contributed by atoms with Gasteiger partial charge in [0.15, 0.2) is 6.10 Å². The van der Waals surface area contributed by atoms with Gasteiger partial charge >= 0.3 is 12.1 Å². The van der Waals surface area contributed by atoms with Crippen LogP contribution in [0.25, 0.3) is 10.9 Å². The molecule has 1 amide bonds. The van der Waals surface area contributed by atoms with E-state index in [0.717, 1.165) is 19.1 Å². The molecule has 2 atom stereocenters. The van der Waals surface area contributed by atoms with Gasteiger partial charge in [0.1, 0.15) is 23.7 Å². The minimum absolute atomic E-state index is 0.114. The molecule has 2 aromatic carbocycles. The number of hydrogen-bond donors (Lipinski definition) is 3. The van der Waals surface area contributed by atoms with E-state index in [9.17, 15) is 35.3 Å². The highest BCUT2D eigenvalue weighted by molar-refractivity contribution is 8.00. The van der Waals surface area contributed by atoms with Gasteiger partial charge in [0.2, 0.25) is 0 Å². The number of alkyl halides is 5. The minimum atomic E-state index is -5.84. The van der Waals surface area contributed by atoms with Crippen LogP contribution in [0.2, 0.25) is 0 Å². The van der Waals surface area contributed by atoms with Crippen LogP contribution in [0.15, 0.2) is 36.7 Å². The SMILES string of the molecule is C=S(C)(=O)Nc1cc(C)c2c(Nc3ccc(F)cc3O[C@H](C)C(=O)NCC(F)(F)C(F)(F)F)ncnc2c1. The molecule has 0 fully saturated rings. The lowest BCUT2D eigenvalue weighted by molar-refractivity contribution is -0.278. The quantitative estimate of drug-likeness (QED) is 0.260. The number of ether oxygens (including phenoxy) is 1. The van der Waals surface area contributed by atoms with Crippen molar-refractivity contribution in [2.45, 2.75) is 32.1 Å². The van der Waals surface area contributed by atoms with Crippen LogP contribution in [0.1, 0.15) is 12.5 Å². The average Bonchev–Trinajstić information content (AvgIpc) is 2.77. The lowest BCUT2D eigenvalue weighted by Crippen LogP contribution is -2.49. The van der Waals surface area contributed by atoms with E-state index in [-0.39, 0.29) is 17.3 Å². The molecule has 0 aliphatic heterocycles. The Labute approximate surface area is 213 Å². The molecular formula is C23H23F6N5O3S. The van der Waals surface area contributed by atoms with Crippen LogP contribution in [-0.2, 0) is 14.5 Å². The first-order chi connectivity index (χ1) is 17.5. The summed E-state index contributed by atoms with van der Waals surface area (Å²) in [5.41, 5.74) is 1.74. The molecule has 8 nitrogen and oxygen atoms in total. The van der Waals surface area contributed by atoms with Gasteiger partial charge in [-0.3, -0.25) is 4.79 Å². The number of rotatable bonds is 9. The summed E-state index contributed by atoms with van der Waals surface area (Å²) in [6, 6.07) is 6.56. The first kappa shape index (κ1) is 28.8. The number of amides is 1. The molecule has 1 aromatic heterocycles. The van der Waals surface area contributed by atoms with Crippen LogP contribution in [0.4, 0.5) is 43.5 Å². The molecule has 38 heavy (non-hydrogen) atoms. The van der Waals surface area contributed by atoms with Crippen LogP contribution in [0.5, 0.6) is 5.75 Å². The van der Waals surface area contributed by atoms with Gasteiger partial charge in [0.05, 0.1) is 17.7 Å². The third kappa shape index (κ3) is 6.96. The van der Waals surface area contributed by atoms with Crippen LogP contribution in [0, 0.1) is 12.7 Å². The molecule has 15 heteroatoms. The summed E-state index contributed by atoms with van der Waals surface area (Å²) in [6.07, 6.45) is -4.74. The molecule has 0 spiro atoms. The Bertz CT molecular complexity index is 1460. The highest BCUT2D eigenvalue weighted by Gasteiger charge is 2.57. The molecule has 3 aromatic rings. The van der Waals surface area contributed by atoms with Crippen molar-refractivity contribution in [2.24, 2.45) is 0 Å². The van der Waals surface area contributed by atoms with Crippen molar-refractivity contribution in [3.63, 3.8) is 0 Å².